The van der Waals surface area contributed by atoms with E-state index in [1.54, 1.807) is 24.3 Å². The normalized spacial score (nSPS) is 9.50. The minimum atomic E-state index is -0.384. The molecule has 0 bridgehead atoms. The van der Waals surface area contributed by atoms with E-state index in [1.807, 2.05) is 0 Å². The van der Waals surface area contributed by atoms with Gasteiger partial charge in [0, 0.05) is 17.5 Å². The first-order valence-corrected chi connectivity index (χ1v) is 3.75. The van der Waals surface area contributed by atoms with Crippen LogP contribution in [0.1, 0.15) is 12.5 Å². The van der Waals surface area contributed by atoms with Gasteiger partial charge in [-0.25, -0.2) is 0 Å². The summed E-state index contributed by atoms with van der Waals surface area (Å²) in [6.45, 7) is 3.79. The van der Waals surface area contributed by atoms with Crippen LogP contribution in [0.3, 0.4) is 0 Å². The Bertz CT molecular complexity index is 266. The van der Waals surface area contributed by atoms with Crippen LogP contribution in [0.5, 0.6) is 0 Å². The van der Waals surface area contributed by atoms with Crippen molar-refractivity contribution in [1.29, 1.82) is 0 Å². The number of carbonyl (C=O) groups is 1. The maximum Gasteiger partial charge on any atom is 0.303 e. The molecule has 0 unspecified atom stereocenters. The molecule has 0 spiro atoms. The summed E-state index contributed by atoms with van der Waals surface area (Å²) in [7, 11) is 0. The average Bonchev–Trinajstić information content (AvgIpc) is 2.03. The summed E-state index contributed by atoms with van der Waals surface area (Å²) in [6, 6.07) is 6.83. The molecule has 0 fully saturated rings. The minimum absolute atomic E-state index is 0.384. The maximum atomic E-state index is 10.4. The van der Waals surface area contributed by atoms with Crippen LogP contribution in [-0.4, -0.2) is 5.97 Å². The van der Waals surface area contributed by atoms with Crippen LogP contribution in [0.4, 0.5) is 0 Å². The lowest BCUT2D eigenvalue weighted by molar-refractivity contribution is -0.137. The van der Waals surface area contributed by atoms with E-state index >= 15 is 0 Å². The molecule has 0 amide bonds. The molecule has 0 N–H and O–H groups in total. The SMILES string of the molecule is CC(=O)O[C]c1ccc(Cl)cc1. The molecule has 0 aliphatic carbocycles. The Morgan fingerprint density at radius 3 is 2.50 bits per heavy atom. The number of hydrogen-bond acceptors (Lipinski definition) is 2. The highest BCUT2D eigenvalue weighted by Gasteiger charge is 1.98. The zero-order valence-electron chi connectivity index (χ0n) is 6.50. The van der Waals surface area contributed by atoms with E-state index in [2.05, 4.69) is 11.3 Å². The Balaban J connectivity index is 2.53. The van der Waals surface area contributed by atoms with Crippen molar-refractivity contribution >= 4 is 17.6 Å². The fourth-order valence-corrected chi connectivity index (χ4v) is 0.775. The van der Waals surface area contributed by atoms with E-state index in [0.29, 0.717) is 10.6 Å². The Morgan fingerprint density at radius 1 is 1.42 bits per heavy atom. The monoisotopic (exact) mass is 182 g/mol. The Kier molecular flexibility index (Phi) is 3.11. The summed E-state index contributed by atoms with van der Waals surface area (Å²) in [4.78, 5) is 10.4. The molecule has 0 atom stereocenters. The summed E-state index contributed by atoms with van der Waals surface area (Å²) in [6.07, 6.45) is 0. The number of esters is 1. The highest BCUT2D eigenvalue weighted by Crippen LogP contribution is 2.10. The molecule has 1 rings (SSSR count). The van der Waals surface area contributed by atoms with Gasteiger partial charge in [-0.15, -0.1) is 0 Å². The summed E-state index contributed by atoms with van der Waals surface area (Å²) in [5.41, 5.74) is 0.689. The van der Waals surface area contributed by atoms with Crippen LogP contribution in [0.2, 0.25) is 5.02 Å². The van der Waals surface area contributed by atoms with Crippen molar-refractivity contribution in [1.82, 2.24) is 0 Å². The predicted octanol–water partition coefficient (Wildman–Crippen LogP) is 2.29. The highest BCUT2D eigenvalue weighted by atomic mass is 35.5. The Morgan fingerprint density at radius 2 is 2.00 bits per heavy atom. The van der Waals surface area contributed by atoms with Crippen molar-refractivity contribution in [2.75, 3.05) is 0 Å². The number of ether oxygens (including phenoxy) is 1. The van der Waals surface area contributed by atoms with Gasteiger partial charge >= 0.3 is 5.97 Å². The van der Waals surface area contributed by atoms with Gasteiger partial charge in [-0.2, -0.15) is 0 Å². The second-order valence-electron chi connectivity index (χ2n) is 2.20. The molecule has 3 heteroatoms. The maximum absolute atomic E-state index is 10.4. The van der Waals surface area contributed by atoms with E-state index in [0.717, 1.165) is 0 Å². The third-order valence-electron chi connectivity index (χ3n) is 1.16. The van der Waals surface area contributed by atoms with E-state index in [4.69, 9.17) is 11.6 Å². The van der Waals surface area contributed by atoms with Crippen molar-refractivity contribution in [3.8, 4) is 0 Å². The fourth-order valence-electron chi connectivity index (χ4n) is 0.649. The molecular weight excluding hydrogens is 176 g/mol. The number of benzene rings is 1. The lowest BCUT2D eigenvalue weighted by Gasteiger charge is -1.98. The second-order valence-corrected chi connectivity index (χ2v) is 2.64. The van der Waals surface area contributed by atoms with Gasteiger partial charge in [0.05, 0.1) is 0 Å². The molecule has 0 heterocycles. The number of hydrogen-bond donors (Lipinski definition) is 0. The summed E-state index contributed by atoms with van der Waals surface area (Å²) in [5.74, 6) is -0.384. The van der Waals surface area contributed by atoms with Crippen LogP contribution >= 0.6 is 11.6 Å². The second kappa shape index (κ2) is 4.12. The number of halogens is 1. The van der Waals surface area contributed by atoms with Gasteiger partial charge in [0.15, 0.2) is 0 Å². The first-order valence-electron chi connectivity index (χ1n) is 3.37. The molecule has 12 heavy (non-hydrogen) atoms. The lowest BCUT2D eigenvalue weighted by atomic mass is 10.2. The smallest absolute Gasteiger partial charge is 0.303 e. The first kappa shape index (κ1) is 9.07. The van der Waals surface area contributed by atoms with E-state index in [1.165, 1.54) is 6.92 Å². The highest BCUT2D eigenvalue weighted by molar-refractivity contribution is 6.30. The average molecular weight is 183 g/mol. The van der Waals surface area contributed by atoms with Gasteiger partial charge in [-0.3, -0.25) is 4.79 Å². The predicted molar refractivity (Wildman–Crippen MR) is 45.6 cm³/mol. The van der Waals surface area contributed by atoms with Crippen LogP contribution in [0, 0.1) is 6.61 Å². The standard InChI is InChI=1S/C9H7ClO2/c1-7(11)12-6-8-2-4-9(10)5-3-8/h2-5H,1H3. The fraction of sp³-hybridized carbons (Fsp3) is 0.111. The molecule has 62 valence electrons. The van der Waals surface area contributed by atoms with Gasteiger partial charge in [-0.05, 0) is 12.1 Å². The molecule has 0 saturated heterocycles. The zero-order chi connectivity index (χ0) is 8.97. The zero-order valence-corrected chi connectivity index (χ0v) is 7.26. The van der Waals surface area contributed by atoms with Crippen LogP contribution in [0.15, 0.2) is 24.3 Å². The van der Waals surface area contributed by atoms with Crippen molar-refractivity contribution in [2.45, 2.75) is 6.92 Å². The number of carbonyl (C=O) groups excluding carboxylic acids is 1. The molecule has 0 aliphatic rings. The van der Waals surface area contributed by atoms with Gasteiger partial charge in [0.1, 0.15) is 0 Å². The number of rotatable bonds is 2. The minimum Gasteiger partial charge on any atom is -0.444 e. The lowest BCUT2D eigenvalue weighted by Crippen LogP contribution is -1.95. The summed E-state index contributed by atoms with van der Waals surface area (Å²) in [5, 5.41) is 0.642. The van der Waals surface area contributed by atoms with Crippen molar-refractivity contribution in [3.05, 3.63) is 41.5 Å². The van der Waals surface area contributed by atoms with Crippen LogP contribution in [-0.2, 0) is 9.53 Å². The Labute approximate surface area is 76.1 Å². The van der Waals surface area contributed by atoms with Crippen LogP contribution in [0.25, 0.3) is 0 Å². The molecule has 1 aromatic carbocycles. The molecule has 2 nitrogen and oxygen atoms in total. The van der Waals surface area contributed by atoms with Gasteiger partial charge < -0.3 is 4.74 Å². The third kappa shape index (κ3) is 2.93. The molecule has 1 aromatic rings. The van der Waals surface area contributed by atoms with Gasteiger partial charge in [-0.1, -0.05) is 23.7 Å². The third-order valence-corrected chi connectivity index (χ3v) is 1.41. The first-order chi connectivity index (χ1) is 5.68. The largest absolute Gasteiger partial charge is 0.444 e. The van der Waals surface area contributed by atoms with E-state index in [9.17, 15) is 4.79 Å². The van der Waals surface area contributed by atoms with Gasteiger partial charge in [0.2, 0.25) is 6.61 Å². The molecule has 2 radical (unpaired) electrons. The van der Waals surface area contributed by atoms with Gasteiger partial charge in [0.25, 0.3) is 0 Å². The summed E-state index contributed by atoms with van der Waals surface area (Å²) < 4.78 is 4.54. The Hall–Kier alpha value is -1.02. The van der Waals surface area contributed by atoms with Crippen molar-refractivity contribution < 1.29 is 9.53 Å². The summed E-state index contributed by atoms with van der Waals surface area (Å²) >= 11 is 5.64. The van der Waals surface area contributed by atoms with E-state index in [-0.39, 0.29) is 5.97 Å². The molecule has 0 aromatic heterocycles. The van der Waals surface area contributed by atoms with Crippen molar-refractivity contribution in [2.24, 2.45) is 0 Å². The van der Waals surface area contributed by atoms with E-state index < -0.39 is 0 Å². The topological polar surface area (TPSA) is 26.3 Å². The van der Waals surface area contributed by atoms with Crippen molar-refractivity contribution in [3.63, 3.8) is 0 Å². The van der Waals surface area contributed by atoms with Crippen LogP contribution < -0.4 is 0 Å². The molecule has 0 saturated carbocycles. The molecule has 0 aliphatic heterocycles. The quantitative estimate of drug-likeness (QED) is 0.656. The molecular formula is C9H7ClO2.